The van der Waals surface area contributed by atoms with E-state index in [1.807, 2.05) is 0 Å². The van der Waals surface area contributed by atoms with Gasteiger partial charge >= 0.3 is 0 Å². The first-order chi connectivity index (χ1) is 8.48. The Morgan fingerprint density at radius 3 is 2.83 bits per heavy atom. The number of aromatic nitrogens is 3. The molecule has 1 aliphatic rings. The quantitative estimate of drug-likeness (QED) is 0.786. The normalized spacial score (nSPS) is 19.6. The monoisotopic (exact) mass is 273 g/mol. The summed E-state index contributed by atoms with van der Waals surface area (Å²) in [6, 6.07) is 0. The lowest BCUT2D eigenvalue weighted by Crippen LogP contribution is -2.28. The second-order valence-electron chi connectivity index (χ2n) is 4.58. The van der Waals surface area contributed by atoms with E-state index in [1.54, 1.807) is 6.92 Å². The molecule has 2 N–H and O–H groups in total. The van der Waals surface area contributed by atoms with Gasteiger partial charge in [-0.3, -0.25) is 5.10 Å². The molecule has 2 rings (SSSR count). The van der Waals surface area contributed by atoms with Crippen molar-refractivity contribution >= 4 is 15.8 Å². The molecule has 0 bridgehead atoms. The predicted octanol–water partition coefficient (Wildman–Crippen LogP) is -0.290. The molecule has 1 unspecified atom stereocenters. The maximum Gasteiger partial charge on any atom is 0.244 e. The van der Waals surface area contributed by atoms with E-state index in [0.717, 1.165) is 32.6 Å². The smallest absolute Gasteiger partial charge is 0.244 e. The average molecular weight is 273 g/mol. The van der Waals surface area contributed by atoms with Gasteiger partial charge in [0.25, 0.3) is 0 Å². The highest BCUT2D eigenvalue weighted by atomic mass is 32.2. The van der Waals surface area contributed by atoms with Gasteiger partial charge in [0, 0.05) is 25.9 Å². The van der Waals surface area contributed by atoms with Crippen LogP contribution in [0.5, 0.6) is 0 Å². The molecule has 1 aromatic rings. The van der Waals surface area contributed by atoms with Crippen LogP contribution in [0.3, 0.4) is 0 Å². The Kier molecular flexibility index (Phi) is 3.86. The molecule has 1 fully saturated rings. The topological polar surface area (TPSA) is 91.0 Å². The second-order valence-corrected chi connectivity index (χ2v) is 6.95. The van der Waals surface area contributed by atoms with Crippen LogP contribution < -0.4 is 10.2 Å². The van der Waals surface area contributed by atoms with E-state index >= 15 is 0 Å². The van der Waals surface area contributed by atoms with E-state index in [2.05, 4.69) is 25.4 Å². The molecule has 102 valence electrons. The van der Waals surface area contributed by atoms with E-state index in [4.69, 9.17) is 0 Å². The van der Waals surface area contributed by atoms with Crippen LogP contribution in [0, 0.1) is 0 Å². The molecule has 18 heavy (non-hydrogen) atoms. The minimum atomic E-state index is -3.15. The van der Waals surface area contributed by atoms with Gasteiger partial charge in [-0.05, 0) is 19.9 Å². The lowest BCUT2D eigenvalue weighted by Gasteiger charge is -2.17. The zero-order chi connectivity index (χ0) is 13.2. The zero-order valence-corrected chi connectivity index (χ0v) is 11.5. The largest absolute Gasteiger partial charge is 0.338 e. The molecule has 1 atom stereocenters. The lowest BCUT2D eigenvalue weighted by atomic mass is 10.4. The highest BCUT2D eigenvalue weighted by molar-refractivity contribution is 7.90. The summed E-state index contributed by atoms with van der Waals surface area (Å²) in [7, 11) is -3.15. The van der Waals surface area contributed by atoms with Crippen LogP contribution in [0.2, 0.25) is 0 Å². The van der Waals surface area contributed by atoms with E-state index in [0.29, 0.717) is 11.8 Å². The summed E-state index contributed by atoms with van der Waals surface area (Å²) in [5.41, 5.74) is 0. The summed E-state index contributed by atoms with van der Waals surface area (Å²) < 4.78 is 22.9. The van der Waals surface area contributed by atoms with Gasteiger partial charge in [0.05, 0.1) is 0 Å². The molecule has 8 heteroatoms. The number of nitrogens with zero attached hydrogens (tertiary/aromatic N) is 3. The van der Waals surface area contributed by atoms with Gasteiger partial charge in [0.2, 0.25) is 5.95 Å². The number of aromatic amines is 1. The third-order valence-electron chi connectivity index (χ3n) is 3.14. The Hall–Kier alpha value is -1.15. The molecular formula is C10H19N5O2S. The molecule has 2 heterocycles. The first kappa shape index (κ1) is 13.3. The van der Waals surface area contributed by atoms with Crippen molar-refractivity contribution in [1.82, 2.24) is 20.5 Å². The summed E-state index contributed by atoms with van der Waals surface area (Å²) >= 11 is 0. The minimum absolute atomic E-state index is 0.407. The van der Waals surface area contributed by atoms with Crippen LogP contribution in [-0.2, 0) is 9.84 Å². The molecule has 0 aromatic carbocycles. The zero-order valence-electron chi connectivity index (χ0n) is 10.7. The summed E-state index contributed by atoms with van der Waals surface area (Å²) in [6.45, 7) is 5.23. The second kappa shape index (κ2) is 5.23. The van der Waals surface area contributed by atoms with Crippen LogP contribution in [0.4, 0.5) is 5.95 Å². The number of anilines is 1. The SMILES string of the molecule is CC(c1nc(N2CCCNCC2)n[nH]1)S(C)(=O)=O. The maximum absolute atomic E-state index is 11.5. The minimum Gasteiger partial charge on any atom is -0.338 e. The van der Waals surface area contributed by atoms with Crippen molar-refractivity contribution < 1.29 is 8.42 Å². The van der Waals surface area contributed by atoms with Crippen molar-refractivity contribution in [2.75, 3.05) is 37.3 Å². The first-order valence-corrected chi connectivity index (χ1v) is 8.01. The van der Waals surface area contributed by atoms with Crippen molar-refractivity contribution in [3.63, 3.8) is 0 Å². The van der Waals surface area contributed by atoms with E-state index in [9.17, 15) is 8.42 Å². The summed E-state index contributed by atoms with van der Waals surface area (Å²) in [5.74, 6) is 0.994. The van der Waals surface area contributed by atoms with Gasteiger partial charge in [-0.1, -0.05) is 0 Å². The maximum atomic E-state index is 11.5. The van der Waals surface area contributed by atoms with E-state index in [-0.39, 0.29) is 0 Å². The van der Waals surface area contributed by atoms with Gasteiger partial charge in [-0.2, -0.15) is 4.98 Å². The molecule has 0 radical (unpaired) electrons. The number of sulfone groups is 1. The van der Waals surface area contributed by atoms with Gasteiger partial charge in [0.1, 0.15) is 11.1 Å². The predicted molar refractivity (Wildman–Crippen MR) is 69.3 cm³/mol. The van der Waals surface area contributed by atoms with Crippen molar-refractivity contribution in [3.05, 3.63) is 5.82 Å². The van der Waals surface area contributed by atoms with Crippen LogP contribution >= 0.6 is 0 Å². The Labute approximate surface area is 107 Å². The third kappa shape index (κ3) is 2.99. The van der Waals surface area contributed by atoms with Crippen molar-refractivity contribution in [2.24, 2.45) is 0 Å². The molecule has 7 nitrogen and oxygen atoms in total. The fourth-order valence-electron chi connectivity index (χ4n) is 1.84. The van der Waals surface area contributed by atoms with Crippen molar-refractivity contribution in [3.8, 4) is 0 Å². The molecule has 0 aliphatic carbocycles. The summed E-state index contributed by atoms with van der Waals surface area (Å²) in [6.07, 6.45) is 2.24. The highest BCUT2D eigenvalue weighted by Gasteiger charge is 2.23. The van der Waals surface area contributed by atoms with Gasteiger partial charge in [0.15, 0.2) is 9.84 Å². The standard InChI is InChI=1S/C10H19N5O2S/c1-8(18(2,16)17)9-12-10(14-13-9)15-6-3-4-11-5-7-15/h8,11H,3-7H2,1-2H3,(H,12,13,14). The van der Waals surface area contributed by atoms with Crippen LogP contribution in [0.1, 0.15) is 24.4 Å². The van der Waals surface area contributed by atoms with Crippen molar-refractivity contribution in [2.45, 2.75) is 18.6 Å². The Balaban J connectivity index is 2.14. The highest BCUT2D eigenvalue weighted by Crippen LogP contribution is 2.19. The average Bonchev–Trinajstić information content (AvgIpc) is 2.62. The molecule has 1 aromatic heterocycles. The van der Waals surface area contributed by atoms with Gasteiger partial charge in [-0.25, -0.2) is 8.42 Å². The van der Waals surface area contributed by atoms with Crippen molar-refractivity contribution in [1.29, 1.82) is 0 Å². The number of hydrogen-bond acceptors (Lipinski definition) is 6. The summed E-state index contributed by atoms with van der Waals surface area (Å²) in [4.78, 5) is 6.36. The van der Waals surface area contributed by atoms with Crippen LogP contribution in [0.25, 0.3) is 0 Å². The molecule has 1 saturated heterocycles. The Morgan fingerprint density at radius 2 is 2.11 bits per heavy atom. The summed E-state index contributed by atoms with van der Waals surface area (Å²) in [5, 5.41) is 9.49. The Morgan fingerprint density at radius 1 is 1.33 bits per heavy atom. The molecule has 0 spiro atoms. The third-order valence-corrected chi connectivity index (χ3v) is 4.65. The fraction of sp³-hybridized carbons (Fsp3) is 0.800. The molecular weight excluding hydrogens is 254 g/mol. The number of rotatable bonds is 3. The number of nitrogens with one attached hydrogen (secondary N) is 2. The molecule has 0 amide bonds. The van der Waals surface area contributed by atoms with Crippen LogP contribution in [0.15, 0.2) is 0 Å². The van der Waals surface area contributed by atoms with Gasteiger partial charge < -0.3 is 10.2 Å². The molecule has 0 saturated carbocycles. The Bertz CT molecular complexity index is 490. The van der Waals surface area contributed by atoms with Gasteiger partial charge in [-0.15, -0.1) is 5.10 Å². The van der Waals surface area contributed by atoms with E-state index in [1.165, 1.54) is 6.26 Å². The lowest BCUT2D eigenvalue weighted by molar-refractivity contribution is 0.589. The number of H-pyrrole nitrogens is 1. The fourth-order valence-corrected chi connectivity index (χ4v) is 2.35. The van der Waals surface area contributed by atoms with Crippen LogP contribution in [-0.4, -0.2) is 56.0 Å². The number of hydrogen-bond donors (Lipinski definition) is 2. The molecule has 1 aliphatic heterocycles. The van der Waals surface area contributed by atoms with E-state index < -0.39 is 15.1 Å². The first-order valence-electron chi connectivity index (χ1n) is 6.05.